The predicted molar refractivity (Wildman–Crippen MR) is 178 cm³/mol. The second-order valence-electron chi connectivity index (χ2n) is 10.9. The number of allylic oxidation sites excluding steroid dienone is 4. The summed E-state index contributed by atoms with van der Waals surface area (Å²) < 4.78 is 0.870. The third kappa shape index (κ3) is 7.60. The topological polar surface area (TPSA) is 91.9 Å². The lowest BCUT2D eigenvalue weighted by atomic mass is 9.96. The first kappa shape index (κ1) is 30.7. The molecule has 7 rings (SSSR count). The molecular formula is C37H36N2O4S. The normalized spacial score (nSPS) is 17.8. The minimum absolute atomic E-state index is 0.295. The van der Waals surface area contributed by atoms with E-state index in [1.807, 2.05) is 48.5 Å². The van der Waals surface area contributed by atoms with Crippen molar-refractivity contribution in [3.63, 3.8) is 0 Å². The number of hydrogen-bond acceptors (Lipinski definition) is 5. The fraction of sp³-hybridized carbons (Fsp3) is 0.216. The van der Waals surface area contributed by atoms with Gasteiger partial charge in [-0.1, -0.05) is 115 Å². The molecule has 0 amide bonds. The molecule has 4 aromatic rings. The average molecular weight is 605 g/mol. The average Bonchev–Trinajstić information content (AvgIpc) is 3.73. The first-order valence-corrected chi connectivity index (χ1v) is 15.7. The number of aromatic nitrogens is 1. The van der Waals surface area contributed by atoms with Crippen molar-refractivity contribution >= 4 is 29.0 Å². The van der Waals surface area contributed by atoms with E-state index < -0.39 is 17.4 Å². The molecule has 1 aromatic heterocycles. The van der Waals surface area contributed by atoms with Gasteiger partial charge in [0.2, 0.25) is 5.88 Å². The van der Waals surface area contributed by atoms with Crippen molar-refractivity contribution in [1.82, 2.24) is 4.57 Å². The van der Waals surface area contributed by atoms with Gasteiger partial charge in [0.1, 0.15) is 6.54 Å². The Balaban J connectivity index is 0.000000161. The van der Waals surface area contributed by atoms with Crippen LogP contribution in [0.3, 0.4) is 0 Å². The van der Waals surface area contributed by atoms with Gasteiger partial charge in [0.25, 0.3) is 0 Å². The molecule has 2 atom stereocenters. The third-order valence-corrected chi connectivity index (χ3v) is 8.76. The number of carboxylic acid groups (broad SMARTS) is 1. The first-order chi connectivity index (χ1) is 21.4. The number of benzene rings is 3. The summed E-state index contributed by atoms with van der Waals surface area (Å²) in [6.45, 7) is 3.56. The number of aliphatic carboxylic acids is 1. The van der Waals surface area contributed by atoms with Crippen LogP contribution in [0, 0.1) is 0 Å². The maximum atomic E-state index is 11.8. The van der Waals surface area contributed by atoms with Gasteiger partial charge in [-0.15, -0.1) is 0 Å². The molecule has 0 saturated heterocycles. The summed E-state index contributed by atoms with van der Waals surface area (Å²) in [6.07, 6.45) is 16.2. The van der Waals surface area contributed by atoms with Crippen molar-refractivity contribution in [3.05, 3.63) is 152 Å². The second-order valence-corrected chi connectivity index (χ2v) is 11.9. The Morgan fingerprint density at radius 2 is 1.59 bits per heavy atom. The minimum Gasteiger partial charge on any atom is -0.493 e. The maximum Gasteiger partial charge on any atom is 0.323 e. The van der Waals surface area contributed by atoms with Crippen LogP contribution in [-0.4, -0.2) is 26.8 Å². The van der Waals surface area contributed by atoms with Gasteiger partial charge >= 0.3 is 10.8 Å². The van der Waals surface area contributed by atoms with Crippen molar-refractivity contribution in [2.24, 2.45) is 4.99 Å². The van der Waals surface area contributed by atoms with Crippen LogP contribution in [0.4, 0.5) is 0 Å². The molecular weight excluding hydrogens is 568 g/mol. The Labute approximate surface area is 261 Å². The molecule has 3 aliphatic rings. The van der Waals surface area contributed by atoms with Crippen LogP contribution in [0.25, 0.3) is 11.6 Å². The van der Waals surface area contributed by atoms with Crippen molar-refractivity contribution in [2.75, 3.05) is 0 Å². The van der Waals surface area contributed by atoms with Gasteiger partial charge in [-0.2, -0.15) is 0 Å². The van der Waals surface area contributed by atoms with Crippen molar-refractivity contribution in [1.29, 1.82) is 0 Å². The van der Waals surface area contributed by atoms with Crippen LogP contribution in [-0.2, 0) is 11.3 Å². The summed E-state index contributed by atoms with van der Waals surface area (Å²) in [7, 11) is 0. The van der Waals surface area contributed by atoms with Gasteiger partial charge in [0.15, 0.2) is 0 Å². The molecule has 0 spiro atoms. The van der Waals surface area contributed by atoms with Gasteiger partial charge in [0.05, 0.1) is 16.3 Å². The summed E-state index contributed by atoms with van der Waals surface area (Å²) in [4.78, 5) is 27.3. The Morgan fingerprint density at radius 1 is 0.955 bits per heavy atom. The molecule has 6 nitrogen and oxygen atoms in total. The highest BCUT2D eigenvalue weighted by molar-refractivity contribution is 7.10. The monoisotopic (exact) mass is 604 g/mol. The van der Waals surface area contributed by atoms with Crippen LogP contribution in [0.5, 0.6) is 5.88 Å². The molecule has 2 N–H and O–H groups in total. The second kappa shape index (κ2) is 14.6. The molecule has 3 aromatic carbocycles. The van der Waals surface area contributed by atoms with E-state index in [2.05, 4.69) is 61.2 Å². The largest absolute Gasteiger partial charge is 0.493 e. The number of hydrogen-bond donors (Lipinski definition) is 2. The highest BCUT2D eigenvalue weighted by Gasteiger charge is 2.32. The van der Waals surface area contributed by atoms with Crippen LogP contribution in [0.15, 0.2) is 120 Å². The molecule has 2 aliphatic carbocycles. The minimum atomic E-state index is -1.16. The van der Waals surface area contributed by atoms with Gasteiger partial charge < -0.3 is 10.2 Å². The van der Waals surface area contributed by atoms with Crippen LogP contribution in [0.1, 0.15) is 59.6 Å². The highest BCUT2D eigenvalue weighted by Crippen LogP contribution is 2.37. The number of fused-ring (bicyclic) bond motifs is 3. The Hall–Kier alpha value is -4.75. The zero-order valence-corrected chi connectivity index (χ0v) is 25.3. The molecule has 0 bridgehead atoms. The lowest BCUT2D eigenvalue weighted by molar-refractivity contribution is -0.137. The van der Waals surface area contributed by atoms with Crippen LogP contribution < -0.4 is 15.4 Å². The van der Waals surface area contributed by atoms with Gasteiger partial charge in [-0.05, 0) is 71.4 Å². The number of carboxylic acids is 1. The number of nitrogens with zero attached hydrogens (tertiary/aromatic N) is 2. The number of aromatic hydroxyl groups is 1. The number of rotatable bonds is 5. The van der Waals surface area contributed by atoms with E-state index in [0.29, 0.717) is 16.8 Å². The fourth-order valence-corrected chi connectivity index (χ4v) is 6.48. The van der Waals surface area contributed by atoms with E-state index in [1.165, 1.54) is 36.0 Å². The first-order valence-electron chi connectivity index (χ1n) is 14.9. The summed E-state index contributed by atoms with van der Waals surface area (Å²) in [5, 5.41) is 20.9. The SMILES string of the molecule is C1=CCCC=C1.C=C(c1ccccc1)c1ccccc1.O=C(O)Cn1c(O)c(C=c2ccc3c(c2)C2CCCC2N=3)sc1=O. The standard InChI is InChI=1S/C17H16N2O4S.C14H12.C6H8/c20-15(21)8-19-16(22)14(24-17(19)23)7-9-4-5-13-11(6-9)10-2-1-3-12(10)18-13;1-12(13-8-4-2-5-9-13)14-10-6-3-7-11-14;1-2-4-6-5-3-1/h4-7,10,12,22H,1-3,8H2,(H,20,21);2-11H,1H2;1-4H,5-6H2. The smallest absolute Gasteiger partial charge is 0.323 e. The Kier molecular flexibility index (Phi) is 10.2. The summed E-state index contributed by atoms with van der Waals surface area (Å²) in [5.74, 6) is -0.975. The van der Waals surface area contributed by atoms with E-state index in [0.717, 1.165) is 44.9 Å². The zero-order valence-electron chi connectivity index (χ0n) is 24.5. The molecule has 224 valence electrons. The molecule has 44 heavy (non-hydrogen) atoms. The van der Waals surface area contributed by atoms with E-state index in [-0.39, 0.29) is 5.88 Å². The molecule has 2 heterocycles. The summed E-state index contributed by atoms with van der Waals surface area (Å²) in [5.41, 5.74) is 4.67. The Morgan fingerprint density at radius 3 is 2.16 bits per heavy atom. The molecule has 1 aliphatic heterocycles. The van der Waals surface area contributed by atoms with Crippen molar-refractivity contribution < 1.29 is 15.0 Å². The maximum absolute atomic E-state index is 11.8. The molecule has 1 fully saturated rings. The zero-order chi connectivity index (χ0) is 30.9. The molecule has 1 saturated carbocycles. The van der Waals surface area contributed by atoms with Crippen molar-refractivity contribution in [3.8, 4) is 5.88 Å². The molecule has 0 radical (unpaired) electrons. The summed E-state index contributed by atoms with van der Waals surface area (Å²) >= 11 is 0.846. The third-order valence-electron chi connectivity index (χ3n) is 7.85. The fourth-order valence-electron chi connectivity index (χ4n) is 5.64. The van der Waals surface area contributed by atoms with Crippen LogP contribution in [0.2, 0.25) is 0 Å². The lowest BCUT2D eigenvalue weighted by Gasteiger charge is -2.07. The molecule has 2 unspecified atom stereocenters. The van der Waals surface area contributed by atoms with Gasteiger partial charge in [0, 0.05) is 5.92 Å². The van der Waals surface area contributed by atoms with E-state index in [4.69, 9.17) is 10.1 Å². The quantitative estimate of drug-likeness (QED) is 0.274. The number of thiazole rings is 1. The van der Waals surface area contributed by atoms with E-state index in [1.54, 1.807) is 6.08 Å². The number of carbonyl (C=O) groups is 1. The van der Waals surface area contributed by atoms with Crippen molar-refractivity contribution in [2.45, 2.75) is 50.6 Å². The van der Waals surface area contributed by atoms with Crippen LogP contribution >= 0.6 is 11.3 Å². The van der Waals surface area contributed by atoms with E-state index in [9.17, 15) is 14.7 Å². The predicted octanol–water partition coefficient (Wildman–Crippen LogP) is 6.44. The summed E-state index contributed by atoms with van der Waals surface area (Å²) in [6, 6.07) is 26.8. The lowest BCUT2D eigenvalue weighted by Crippen LogP contribution is -2.18. The van der Waals surface area contributed by atoms with Gasteiger partial charge in [-0.25, -0.2) is 0 Å². The molecule has 7 heteroatoms. The highest BCUT2D eigenvalue weighted by atomic mass is 32.1. The Bertz CT molecular complexity index is 1800. The van der Waals surface area contributed by atoms with Gasteiger partial charge in [-0.3, -0.25) is 19.1 Å². The van der Waals surface area contributed by atoms with E-state index >= 15 is 0 Å².